The molecule has 2 aliphatic rings. The topological polar surface area (TPSA) is 21.6 Å². The van der Waals surface area contributed by atoms with E-state index in [4.69, 9.17) is 9.73 Å². The number of nitrogens with zero attached hydrogens (tertiary/aromatic N) is 1. The van der Waals surface area contributed by atoms with E-state index in [2.05, 4.69) is 24.3 Å². The maximum Gasteiger partial charge on any atom is 0.161 e. The van der Waals surface area contributed by atoms with Gasteiger partial charge < -0.3 is 4.74 Å². The molecule has 2 aliphatic heterocycles. The van der Waals surface area contributed by atoms with Crippen LogP contribution >= 0.6 is 11.8 Å². The van der Waals surface area contributed by atoms with Gasteiger partial charge in [0.1, 0.15) is 5.04 Å². The van der Waals surface area contributed by atoms with Crippen molar-refractivity contribution < 1.29 is 4.74 Å². The Morgan fingerprint density at radius 2 is 2.00 bits per heavy atom. The molecule has 2 nitrogen and oxygen atoms in total. The Kier molecular flexibility index (Phi) is 3.21. The predicted molar refractivity (Wildman–Crippen MR) is 72.6 cm³/mol. The first-order chi connectivity index (χ1) is 8.38. The Labute approximate surface area is 106 Å². The van der Waals surface area contributed by atoms with Gasteiger partial charge in [0.25, 0.3) is 0 Å². The number of benzene rings is 1. The summed E-state index contributed by atoms with van der Waals surface area (Å²) in [6.07, 6.45) is 4.58. The molecule has 2 heterocycles. The summed E-state index contributed by atoms with van der Waals surface area (Å²) in [5.74, 6) is 1.12. The number of ether oxygens (including phenoxy) is 1. The fraction of sp³-hybridized carbons (Fsp3) is 0.500. The number of rotatable bonds is 1. The van der Waals surface area contributed by atoms with Crippen molar-refractivity contribution in [3.05, 3.63) is 35.9 Å². The van der Waals surface area contributed by atoms with Crippen molar-refractivity contribution in [3.63, 3.8) is 0 Å². The number of hydrogen-bond acceptors (Lipinski definition) is 3. The maximum atomic E-state index is 5.96. The number of hydrogen-bond donors (Lipinski definition) is 0. The van der Waals surface area contributed by atoms with Crippen LogP contribution in [0, 0.1) is 0 Å². The zero-order valence-electron chi connectivity index (χ0n) is 9.89. The molecule has 1 spiro atoms. The van der Waals surface area contributed by atoms with Gasteiger partial charge in [-0.25, -0.2) is 4.99 Å². The van der Waals surface area contributed by atoms with Crippen molar-refractivity contribution >= 4 is 16.8 Å². The van der Waals surface area contributed by atoms with Crippen molar-refractivity contribution in [3.8, 4) is 0 Å². The molecule has 0 aromatic heterocycles. The van der Waals surface area contributed by atoms with Gasteiger partial charge in [-0.15, -0.1) is 11.8 Å². The standard InChI is InChI=1S/C14H17NOS/c1-2-6-12(7-3-1)13-15-14(9-11-17-13)8-4-5-10-16-14/h1-3,6-7H,4-5,8-11H2/t14-/m1/s1. The van der Waals surface area contributed by atoms with Gasteiger partial charge in [-0.3, -0.25) is 0 Å². The van der Waals surface area contributed by atoms with Crippen LogP contribution in [-0.2, 0) is 4.74 Å². The second-order valence-electron chi connectivity index (χ2n) is 4.63. The van der Waals surface area contributed by atoms with Gasteiger partial charge in [-0.2, -0.15) is 0 Å². The minimum absolute atomic E-state index is 0.200. The van der Waals surface area contributed by atoms with E-state index in [1.807, 2.05) is 17.8 Å². The molecular weight excluding hydrogens is 230 g/mol. The highest BCUT2D eigenvalue weighted by molar-refractivity contribution is 8.14. The molecule has 0 saturated carbocycles. The molecule has 0 unspecified atom stereocenters. The monoisotopic (exact) mass is 247 g/mol. The zero-order chi connectivity index (χ0) is 11.6. The first-order valence-corrected chi connectivity index (χ1v) is 7.29. The minimum atomic E-state index is -0.200. The average Bonchev–Trinajstić information content (AvgIpc) is 2.41. The van der Waals surface area contributed by atoms with E-state index in [0.717, 1.165) is 30.2 Å². The second kappa shape index (κ2) is 4.83. The van der Waals surface area contributed by atoms with Crippen LogP contribution in [0.2, 0.25) is 0 Å². The number of thioether (sulfide) groups is 1. The third-order valence-electron chi connectivity index (χ3n) is 3.39. The molecule has 1 aromatic rings. The van der Waals surface area contributed by atoms with Crippen LogP contribution in [0.25, 0.3) is 0 Å². The van der Waals surface area contributed by atoms with Crippen LogP contribution in [0.15, 0.2) is 35.3 Å². The van der Waals surface area contributed by atoms with Gasteiger partial charge >= 0.3 is 0 Å². The highest BCUT2D eigenvalue weighted by Gasteiger charge is 2.35. The molecule has 0 bridgehead atoms. The van der Waals surface area contributed by atoms with Crippen LogP contribution in [-0.4, -0.2) is 23.1 Å². The molecular formula is C14H17NOS. The van der Waals surface area contributed by atoms with E-state index < -0.39 is 0 Å². The average molecular weight is 247 g/mol. The quantitative estimate of drug-likeness (QED) is 0.758. The molecule has 0 radical (unpaired) electrons. The van der Waals surface area contributed by atoms with Crippen LogP contribution in [0.1, 0.15) is 31.2 Å². The molecule has 90 valence electrons. The minimum Gasteiger partial charge on any atom is -0.354 e. The molecule has 1 aromatic carbocycles. The molecule has 3 rings (SSSR count). The molecule has 1 fully saturated rings. The van der Waals surface area contributed by atoms with E-state index in [-0.39, 0.29) is 5.72 Å². The molecule has 0 amide bonds. The van der Waals surface area contributed by atoms with E-state index in [9.17, 15) is 0 Å². The Hall–Kier alpha value is -0.800. The van der Waals surface area contributed by atoms with E-state index in [1.165, 1.54) is 18.4 Å². The van der Waals surface area contributed by atoms with Crippen LogP contribution in [0.5, 0.6) is 0 Å². The van der Waals surface area contributed by atoms with Crippen LogP contribution < -0.4 is 0 Å². The van der Waals surface area contributed by atoms with Crippen molar-refractivity contribution in [2.24, 2.45) is 4.99 Å². The Balaban J connectivity index is 1.89. The van der Waals surface area contributed by atoms with E-state index in [0.29, 0.717) is 0 Å². The SMILES string of the molecule is c1ccc(C2=N[C@@]3(CCCCO3)CCS2)cc1. The van der Waals surface area contributed by atoms with Crippen molar-refractivity contribution in [2.75, 3.05) is 12.4 Å². The fourth-order valence-corrected chi connectivity index (χ4v) is 3.58. The Bertz CT molecular complexity index is 409. The molecule has 1 saturated heterocycles. The summed E-state index contributed by atoms with van der Waals surface area (Å²) in [5, 5.41) is 1.15. The lowest BCUT2D eigenvalue weighted by Crippen LogP contribution is -2.38. The van der Waals surface area contributed by atoms with E-state index >= 15 is 0 Å². The summed E-state index contributed by atoms with van der Waals surface area (Å²) >= 11 is 1.85. The van der Waals surface area contributed by atoms with Crippen molar-refractivity contribution in [1.29, 1.82) is 0 Å². The third kappa shape index (κ3) is 2.40. The van der Waals surface area contributed by atoms with Gasteiger partial charge in [0, 0.05) is 24.3 Å². The Morgan fingerprint density at radius 3 is 2.76 bits per heavy atom. The lowest BCUT2D eigenvalue weighted by atomic mass is 10.0. The van der Waals surface area contributed by atoms with Crippen LogP contribution in [0.3, 0.4) is 0 Å². The lowest BCUT2D eigenvalue weighted by molar-refractivity contribution is -0.0736. The van der Waals surface area contributed by atoms with Gasteiger partial charge in [0.2, 0.25) is 0 Å². The summed E-state index contributed by atoms with van der Waals surface area (Å²) < 4.78 is 5.96. The summed E-state index contributed by atoms with van der Waals surface area (Å²) in [7, 11) is 0. The van der Waals surface area contributed by atoms with Crippen LogP contribution in [0.4, 0.5) is 0 Å². The molecule has 0 N–H and O–H groups in total. The normalized spacial score (nSPS) is 29.1. The summed E-state index contributed by atoms with van der Waals surface area (Å²) in [4.78, 5) is 4.90. The summed E-state index contributed by atoms with van der Waals surface area (Å²) in [5.41, 5.74) is 1.03. The molecule has 17 heavy (non-hydrogen) atoms. The molecule has 3 heteroatoms. The lowest BCUT2D eigenvalue weighted by Gasteiger charge is -2.37. The van der Waals surface area contributed by atoms with Gasteiger partial charge in [0.15, 0.2) is 5.72 Å². The maximum absolute atomic E-state index is 5.96. The largest absolute Gasteiger partial charge is 0.354 e. The van der Waals surface area contributed by atoms with Gasteiger partial charge in [-0.1, -0.05) is 30.3 Å². The first-order valence-electron chi connectivity index (χ1n) is 6.30. The van der Waals surface area contributed by atoms with Gasteiger partial charge in [0.05, 0.1) is 0 Å². The van der Waals surface area contributed by atoms with E-state index in [1.54, 1.807) is 0 Å². The smallest absolute Gasteiger partial charge is 0.161 e. The first kappa shape index (κ1) is 11.3. The summed E-state index contributed by atoms with van der Waals surface area (Å²) in [6.45, 7) is 0.871. The number of aliphatic imine (C=N–C) groups is 1. The highest BCUT2D eigenvalue weighted by atomic mass is 32.2. The third-order valence-corrected chi connectivity index (χ3v) is 4.40. The zero-order valence-corrected chi connectivity index (χ0v) is 10.7. The molecule has 1 atom stereocenters. The highest BCUT2D eigenvalue weighted by Crippen LogP contribution is 2.36. The van der Waals surface area contributed by atoms with Gasteiger partial charge in [-0.05, 0) is 19.3 Å². The fourth-order valence-electron chi connectivity index (χ4n) is 2.43. The Morgan fingerprint density at radius 1 is 1.12 bits per heavy atom. The van der Waals surface area contributed by atoms with Crippen molar-refractivity contribution in [1.82, 2.24) is 0 Å². The van der Waals surface area contributed by atoms with Crippen molar-refractivity contribution in [2.45, 2.75) is 31.4 Å². The molecule has 0 aliphatic carbocycles. The summed E-state index contributed by atoms with van der Waals surface area (Å²) in [6, 6.07) is 10.5. The second-order valence-corrected chi connectivity index (χ2v) is 5.72. The predicted octanol–water partition coefficient (Wildman–Crippen LogP) is 3.47.